The third kappa shape index (κ3) is 3.76. The molecular weight excluding hydrogens is 336 g/mol. The molecule has 0 atom stereocenters. The van der Waals surface area contributed by atoms with E-state index in [9.17, 15) is 0 Å². The van der Waals surface area contributed by atoms with E-state index in [2.05, 4.69) is 20.5 Å². The molecule has 0 unspecified atom stereocenters. The first-order valence-corrected chi connectivity index (χ1v) is 8.83. The van der Waals surface area contributed by atoms with Crippen molar-refractivity contribution in [1.82, 2.24) is 10.3 Å². The van der Waals surface area contributed by atoms with Gasteiger partial charge in [-0.25, -0.2) is 4.98 Å². The Labute approximate surface area is 152 Å². The number of ether oxygens (including phenoxy) is 2. The molecule has 1 saturated heterocycles. The molecule has 0 aliphatic carbocycles. The van der Waals surface area contributed by atoms with Gasteiger partial charge in [-0.05, 0) is 54.9 Å². The summed E-state index contributed by atoms with van der Waals surface area (Å²) in [6.07, 6.45) is 4.31. The van der Waals surface area contributed by atoms with Gasteiger partial charge < -0.3 is 25.0 Å². The highest BCUT2D eigenvalue weighted by molar-refractivity contribution is 7.80. The Bertz CT molecular complexity index is 760. The van der Waals surface area contributed by atoms with Crippen LogP contribution in [0.15, 0.2) is 36.5 Å². The van der Waals surface area contributed by atoms with Crippen LogP contribution in [0.2, 0.25) is 0 Å². The quantitative estimate of drug-likeness (QED) is 0.817. The molecule has 0 spiro atoms. The fraction of sp³-hybridized carbons (Fsp3) is 0.333. The zero-order valence-corrected chi connectivity index (χ0v) is 14.6. The number of hydrogen-bond acceptors (Lipinski definition) is 5. The Morgan fingerprint density at radius 2 is 1.96 bits per heavy atom. The second kappa shape index (κ2) is 7.14. The average Bonchev–Trinajstić information content (AvgIpc) is 3.32. The Balaban J connectivity index is 1.30. The lowest BCUT2D eigenvalue weighted by Gasteiger charge is -2.16. The minimum atomic E-state index is 0.284. The van der Waals surface area contributed by atoms with Gasteiger partial charge in [-0.15, -0.1) is 0 Å². The summed E-state index contributed by atoms with van der Waals surface area (Å²) in [6, 6.07) is 9.92. The summed E-state index contributed by atoms with van der Waals surface area (Å²) in [5.41, 5.74) is 1.96. The van der Waals surface area contributed by atoms with Crippen molar-refractivity contribution in [2.75, 3.05) is 30.1 Å². The van der Waals surface area contributed by atoms with Gasteiger partial charge in [0.25, 0.3) is 0 Å². The van der Waals surface area contributed by atoms with Crippen LogP contribution in [-0.4, -0.2) is 30.0 Å². The van der Waals surface area contributed by atoms with E-state index in [1.54, 1.807) is 0 Å². The Morgan fingerprint density at radius 1 is 1.12 bits per heavy atom. The van der Waals surface area contributed by atoms with Crippen molar-refractivity contribution in [1.29, 1.82) is 0 Å². The van der Waals surface area contributed by atoms with Crippen molar-refractivity contribution in [2.45, 2.75) is 19.4 Å². The maximum absolute atomic E-state index is 5.38. The van der Waals surface area contributed by atoms with Gasteiger partial charge in [0.05, 0.1) is 11.9 Å². The zero-order chi connectivity index (χ0) is 17.1. The molecular formula is C18H20N4O2S. The van der Waals surface area contributed by atoms with E-state index in [1.165, 1.54) is 12.8 Å². The number of benzene rings is 1. The van der Waals surface area contributed by atoms with Gasteiger partial charge in [0.1, 0.15) is 5.82 Å². The van der Waals surface area contributed by atoms with Crippen LogP contribution in [-0.2, 0) is 6.54 Å². The molecule has 2 aliphatic rings. The highest BCUT2D eigenvalue weighted by Crippen LogP contribution is 2.32. The number of aromatic nitrogens is 1. The molecule has 0 saturated carbocycles. The standard InChI is InChI=1S/C18H20N4O2S/c25-18(20-10-13-3-5-15-16(9-13)24-12-23-15)21-14-4-6-17(19-11-14)22-7-1-2-8-22/h3-6,9,11H,1-2,7-8,10,12H2,(H2,20,21,25). The van der Waals surface area contributed by atoms with Crippen LogP contribution in [0.3, 0.4) is 0 Å². The molecule has 3 heterocycles. The first-order chi connectivity index (χ1) is 12.3. The van der Waals surface area contributed by atoms with Crippen molar-refractivity contribution >= 4 is 28.8 Å². The highest BCUT2D eigenvalue weighted by atomic mass is 32.1. The minimum absolute atomic E-state index is 0.284. The molecule has 2 aliphatic heterocycles. The van der Waals surface area contributed by atoms with Crippen LogP contribution in [0.4, 0.5) is 11.5 Å². The van der Waals surface area contributed by atoms with Crippen LogP contribution in [0.5, 0.6) is 11.5 Å². The number of anilines is 2. The van der Waals surface area contributed by atoms with E-state index in [1.807, 2.05) is 36.5 Å². The molecule has 25 heavy (non-hydrogen) atoms. The summed E-state index contributed by atoms with van der Waals surface area (Å²) in [7, 11) is 0. The van der Waals surface area contributed by atoms with E-state index in [0.717, 1.165) is 41.7 Å². The summed E-state index contributed by atoms with van der Waals surface area (Å²) in [4.78, 5) is 6.82. The Hall–Kier alpha value is -2.54. The number of thiocarbonyl (C=S) groups is 1. The highest BCUT2D eigenvalue weighted by Gasteiger charge is 2.14. The Morgan fingerprint density at radius 3 is 2.76 bits per heavy atom. The molecule has 7 heteroatoms. The van der Waals surface area contributed by atoms with Crippen molar-refractivity contribution in [3.63, 3.8) is 0 Å². The van der Waals surface area contributed by atoms with Gasteiger partial charge in [0.15, 0.2) is 16.6 Å². The first-order valence-electron chi connectivity index (χ1n) is 8.42. The summed E-state index contributed by atoms with van der Waals surface area (Å²) >= 11 is 5.36. The van der Waals surface area contributed by atoms with Crippen LogP contribution >= 0.6 is 12.2 Å². The second-order valence-corrected chi connectivity index (χ2v) is 6.50. The van der Waals surface area contributed by atoms with Gasteiger partial charge in [-0.1, -0.05) is 6.07 Å². The van der Waals surface area contributed by atoms with Crippen LogP contribution in [0.1, 0.15) is 18.4 Å². The topological polar surface area (TPSA) is 58.6 Å². The van der Waals surface area contributed by atoms with E-state index in [-0.39, 0.29) is 6.79 Å². The molecule has 1 aromatic carbocycles. The number of rotatable bonds is 4. The van der Waals surface area contributed by atoms with Crippen molar-refractivity contribution < 1.29 is 9.47 Å². The molecule has 0 amide bonds. The minimum Gasteiger partial charge on any atom is -0.454 e. The number of fused-ring (bicyclic) bond motifs is 1. The molecule has 0 radical (unpaired) electrons. The van der Waals surface area contributed by atoms with Gasteiger partial charge in [-0.3, -0.25) is 0 Å². The van der Waals surface area contributed by atoms with Crippen molar-refractivity contribution in [3.8, 4) is 11.5 Å². The van der Waals surface area contributed by atoms with Crippen molar-refractivity contribution in [2.24, 2.45) is 0 Å². The zero-order valence-electron chi connectivity index (χ0n) is 13.8. The molecule has 2 N–H and O–H groups in total. The molecule has 130 valence electrons. The van der Waals surface area contributed by atoms with Gasteiger partial charge >= 0.3 is 0 Å². The summed E-state index contributed by atoms with van der Waals surface area (Å²) in [5, 5.41) is 6.92. The molecule has 0 bridgehead atoms. The van der Waals surface area contributed by atoms with E-state index < -0.39 is 0 Å². The number of nitrogens with zero attached hydrogens (tertiary/aromatic N) is 2. The fourth-order valence-electron chi connectivity index (χ4n) is 3.00. The largest absolute Gasteiger partial charge is 0.454 e. The molecule has 2 aromatic rings. The van der Waals surface area contributed by atoms with Gasteiger partial charge in [-0.2, -0.15) is 0 Å². The lowest BCUT2D eigenvalue weighted by Crippen LogP contribution is -2.28. The van der Waals surface area contributed by atoms with E-state index in [0.29, 0.717) is 11.7 Å². The molecule has 6 nitrogen and oxygen atoms in total. The summed E-state index contributed by atoms with van der Waals surface area (Å²) < 4.78 is 10.7. The monoisotopic (exact) mass is 356 g/mol. The first kappa shape index (κ1) is 16.0. The normalized spacial score (nSPS) is 15.3. The average molecular weight is 356 g/mol. The van der Waals surface area contributed by atoms with E-state index >= 15 is 0 Å². The molecule has 4 rings (SSSR count). The molecule has 1 aromatic heterocycles. The van der Waals surface area contributed by atoms with Crippen LogP contribution in [0.25, 0.3) is 0 Å². The predicted octanol–water partition coefficient (Wildman–Crippen LogP) is 2.90. The number of pyridine rings is 1. The van der Waals surface area contributed by atoms with Crippen LogP contribution < -0.4 is 25.0 Å². The molecule has 1 fully saturated rings. The van der Waals surface area contributed by atoms with Crippen LogP contribution in [0, 0.1) is 0 Å². The number of hydrogen-bond donors (Lipinski definition) is 2. The third-order valence-electron chi connectivity index (χ3n) is 4.33. The summed E-state index contributed by atoms with van der Waals surface area (Å²) in [6.45, 7) is 3.08. The fourth-order valence-corrected chi connectivity index (χ4v) is 3.19. The third-order valence-corrected chi connectivity index (χ3v) is 4.57. The maximum atomic E-state index is 5.38. The van der Waals surface area contributed by atoms with E-state index in [4.69, 9.17) is 21.7 Å². The lowest BCUT2D eigenvalue weighted by atomic mass is 10.2. The Kier molecular flexibility index (Phi) is 4.56. The van der Waals surface area contributed by atoms with Crippen molar-refractivity contribution in [3.05, 3.63) is 42.1 Å². The smallest absolute Gasteiger partial charge is 0.231 e. The predicted molar refractivity (Wildman–Crippen MR) is 101 cm³/mol. The lowest BCUT2D eigenvalue weighted by molar-refractivity contribution is 0.174. The summed E-state index contributed by atoms with van der Waals surface area (Å²) in [5.74, 6) is 2.59. The number of nitrogens with one attached hydrogen (secondary N) is 2. The maximum Gasteiger partial charge on any atom is 0.231 e. The van der Waals surface area contributed by atoms with Gasteiger partial charge in [0.2, 0.25) is 6.79 Å². The second-order valence-electron chi connectivity index (χ2n) is 6.09. The van der Waals surface area contributed by atoms with Gasteiger partial charge in [0, 0.05) is 19.6 Å². The SMILES string of the molecule is S=C(NCc1ccc2c(c1)OCO2)Nc1ccc(N2CCCC2)nc1.